The lowest BCUT2D eigenvalue weighted by molar-refractivity contribution is 0.0695. The minimum Gasteiger partial charge on any atom is -0.477 e. The lowest BCUT2D eigenvalue weighted by Crippen LogP contribution is -2.27. The maximum atomic E-state index is 15.2. The number of H-pyrrole nitrogens is 1. The van der Waals surface area contributed by atoms with E-state index in [9.17, 15) is 19.1 Å². The molecule has 1 atom stereocenters. The molecule has 0 saturated carbocycles. The highest BCUT2D eigenvalue weighted by atomic mass is 35.5. The van der Waals surface area contributed by atoms with Crippen LogP contribution in [0.15, 0.2) is 35.4 Å². The van der Waals surface area contributed by atoms with E-state index in [4.69, 9.17) is 5.73 Å². The van der Waals surface area contributed by atoms with E-state index in [1.54, 1.807) is 4.90 Å². The van der Waals surface area contributed by atoms with Crippen molar-refractivity contribution in [2.45, 2.75) is 12.5 Å². The van der Waals surface area contributed by atoms with Crippen LogP contribution in [0.5, 0.6) is 0 Å². The average Bonchev–Trinajstić information content (AvgIpc) is 3.08. The molecular formula is C19H17ClF2N4O3. The van der Waals surface area contributed by atoms with Gasteiger partial charge in [0.05, 0.1) is 34.0 Å². The van der Waals surface area contributed by atoms with Gasteiger partial charge >= 0.3 is 5.97 Å². The first-order valence-corrected chi connectivity index (χ1v) is 8.60. The lowest BCUT2D eigenvalue weighted by atomic mass is 10.0. The molecule has 0 spiro atoms. The van der Waals surface area contributed by atoms with Gasteiger partial charge in [-0.3, -0.25) is 9.78 Å². The SMILES string of the molecule is Cl.NC1CCN(c2c(F)cc3c(=O)c(C(=O)O)c[nH]c3c2-c2ccc(F)cn2)C1. The third-order valence-corrected chi connectivity index (χ3v) is 4.86. The van der Waals surface area contributed by atoms with Crippen molar-refractivity contribution >= 4 is 35.0 Å². The molecule has 0 bridgehead atoms. The molecule has 1 aliphatic rings. The predicted molar refractivity (Wildman–Crippen MR) is 107 cm³/mol. The van der Waals surface area contributed by atoms with Crippen LogP contribution in [-0.4, -0.2) is 40.2 Å². The summed E-state index contributed by atoms with van der Waals surface area (Å²) in [6.07, 6.45) is 2.73. The Labute approximate surface area is 169 Å². The van der Waals surface area contributed by atoms with Crippen LogP contribution in [0.25, 0.3) is 22.2 Å². The van der Waals surface area contributed by atoms with Crippen LogP contribution in [0.1, 0.15) is 16.8 Å². The summed E-state index contributed by atoms with van der Waals surface area (Å²) in [5.74, 6) is -2.67. The molecule has 152 valence electrons. The number of carboxylic acids is 1. The maximum Gasteiger partial charge on any atom is 0.341 e. The van der Waals surface area contributed by atoms with Crippen LogP contribution in [0.3, 0.4) is 0 Å². The molecule has 4 N–H and O–H groups in total. The summed E-state index contributed by atoms with van der Waals surface area (Å²) < 4.78 is 28.5. The predicted octanol–water partition coefficient (Wildman–Crippen LogP) is 2.53. The van der Waals surface area contributed by atoms with Crippen LogP contribution >= 0.6 is 12.4 Å². The quantitative estimate of drug-likeness (QED) is 0.598. The number of nitrogens with zero attached hydrogens (tertiary/aromatic N) is 2. The molecule has 1 saturated heterocycles. The summed E-state index contributed by atoms with van der Waals surface area (Å²) in [4.78, 5) is 32.4. The number of aromatic amines is 1. The second kappa shape index (κ2) is 7.76. The molecular weight excluding hydrogens is 406 g/mol. The van der Waals surface area contributed by atoms with Crippen LogP contribution in [-0.2, 0) is 0 Å². The zero-order valence-electron chi connectivity index (χ0n) is 15.0. The smallest absolute Gasteiger partial charge is 0.341 e. The Kier molecular flexibility index (Phi) is 5.54. The number of aromatic carboxylic acids is 1. The van der Waals surface area contributed by atoms with Crippen LogP contribution in [0.4, 0.5) is 14.5 Å². The lowest BCUT2D eigenvalue weighted by Gasteiger charge is -2.23. The monoisotopic (exact) mass is 422 g/mol. The minimum absolute atomic E-state index is 0. The van der Waals surface area contributed by atoms with Gasteiger partial charge in [-0.1, -0.05) is 0 Å². The van der Waals surface area contributed by atoms with Crippen molar-refractivity contribution in [3.05, 3.63) is 58.0 Å². The highest BCUT2D eigenvalue weighted by molar-refractivity contribution is 6.02. The number of halogens is 3. The number of carbonyl (C=O) groups is 1. The number of hydrogen-bond donors (Lipinski definition) is 3. The number of fused-ring (bicyclic) bond motifs is 1. The van der Waals surface area contributed by atoms with E-state index in [1.165, 1.54) is 12.1 Å². The number of anilines is 1. The van der Waals surface area contributed by atoms with Crippen LogP contribution in [0.2, 0.25) is 0 Å². The number of benzene rings is 1. The molecule has 0 aliphatic carbocycles. The molecule has 29 heavy (non-hydrogen) atoms. The number of carboxylic acid groups (broad SMARTS) is 1. The minimum atomic E-state index is -1.42. The fraction of sp³-hybridized carbons (Fsp3) is 0.211. The van der Waals surface area contributed by atoms with Crippen molar-refractivity contribution in [1.29, 1.82) is 0 Å². The Balaban J connectivity index is 0.00000240. The Morgan fingerprint density at radius 1 is 1.34 bits per heavy atom. The molecule has 3 aromatic rings. The summed E-state index contributed by atoms with van der Waals surface area (Å²) >= 11 is 0. The number of nitrogens with two attached hydrogens (primary N) is 1. The average molecular weight is 423 g/mol. The number of hydrogen-bond acceptors (Lipinski definition) is 5. The number of pyridine rings is 2. The molecule has 1 aromatic carbocycles. The summed E-state index contributed by atoms with van der Waals surface area (Å²) in [6.45, 7) is 0.920. The van der Waals surface area contributed by atoms with Gasteiger partial charge in [-0.15, -0.1) is 12.4 Å². The molecule has 2 aromatic heterocycles. The first-order chi connectivity index (χ1) is 13.4. The normalized spacial score (nSPS) is 16.1. The van der Waals surface area contributed by atoms with Gasteiger partial charge in [-0.25, -0.2) is 13.6 Å². The number of rotatable bonds is 3. The largest absolute Gasteiger partial charge is 0.477 e. The van der Waals surface area contributed by atoms with Crippen molar-refractivity contribution in [2.24, 2.45) is 5.73 Å². The molecule has 10 heteroatoms. The highest BCUT2D eigenvalue weighted by Crippen LogP contribution is 2.38. The van der Waals surface area contributed by atoms with E-state index < -0.39 is 28.6 Å². The van der Waals surface area contributed by atoms with Gasteiger partial charge in [-0.05, 0) is 24.6 Å². The summed E-state index contributed by atoms with van der Waals surface area (Å²) in [5, 5.41) is 9.06. The summed E-state index contributed by atoms with van der Waals surface area (Å²) in [6, 6.07) is 3.46. The number of aromatic nitrogens is 2. The van der Waals surface area contributed by atoms with E-state index in [0.717, 1.165) is 18.5 Å². The Morgan fingerprint density at radius 3 is 2.69 bits per heavy atom. The maximum absolute atomic E-state index is 15.2. The summed E-state index contributed by atoms with van der Waals surface area (Å²) in [5.41, 5.74) is 5.58. The van der Waals surface area contributed by atoms with Gasteiger partial charge in [0, 0.05) is 25.3 Å². The van der Waals surface area contributed by atoms with Crippen LogP contribution < -0.4 is 16.1 Å². The van der Waals surface area contributed by atoms with Crippen molar-refractivity contribution in [1.82, 2.24) is 9.97 Å². The molecule has 4 rings (SSSR count). The Morgan fingerprint density at radius 2 is 2.10 bits per heavy atom. The molecule has 0 radical (unpaired) electrons. The first kappa shape index (κ1) is 20.7. The zero-order chi connectivity index (χ0) is 20.0. The van der Waals surface area contributed by atoms with E-state index in [1.807, 2.05) is 0 Å². The Hall–Kier alpha value is -3.04. The van der Waals surface area contributed by atoms with Gasteiger partial charge < -0.3 is 20.7 Å². The third-order valence-electron chi connectivity index (χ3n) is 4.86. The first-order valence-electron chi connectivity index (χ1n) is 8.60. The van der Waals surface area contributed by atoms with Crippen molar-refractivity contribution < 1.29 is 18.7 Å². The van der Waals surface area contributed by atoms with E-state index in [-0.39, 0.29) is 46.3 Å². The van der Waals surface area contributed by atoms with Gasteiger partial charge in [0.15, 0.2) is 0 Å². The topological polar surface area (TPSA) is 112 Å². The second-order valence-electron chi connectivity index (χ2n) is 6.70. The summed E-state index contributed by atoms with van der Waals surface area (Å²) in [7, 11) is 0. The van der Waals surface area contributed by atoms with Gasteiger partial charge in [0.2, 0.25) is 5.43 Å². The van der Waals surface area contributed by atoms with Gasteiger partial charge in [-0.2, -0.15) is 0 Å². The fourth-order valence-electron chi connectivity index (χ4n) is 3.56. The van der Waals surface area contributed by atoms with Crippen molar-refractivity contribution in [2.75, 3.05) is 18.0 Å². The zero-order valence-corrected chi connectivity index (χ0v) is 15.8. The van der Waals surface area contributed by atoms with E-state index in [0.29, 0.717) is 19.5 Å². The fourth-order valence-corrected chi connectivity index (χ4v) is 3.56. The molecule has 7 nitrogen and oxygen atoms in total. The standard InChI is InChI=1S/C19H16F2N4O3.ClH/c20-9-1-2-14(23-6-9)15-16-11(18(26)12(7-24-16)19(27)28)5-13(21)17(15)25-4-3-10(22)8-25;/h1-2,5-7,10H,3-4,8,22H2,(H,24,26)(H,27,28);1H. The van der Waals surface area contributed by atoms with E-state index in [2.05, 4.69) is 9.97 Å². The van der Waals surface area contributed by atoms with Crippen molar-refractivity contribution in [3.63, 3.8) is 0 Å². The number of nitrogens with one attached hydrogen (secondary N) is 1. The molecule has 1 fully saturated rings. The van der Waals surface area contributed by atoms with Gasteiger partial charge in [0.25, 0.3) is 0 Å². The van der Waals surface area contributed by atoms with Crippen molar-refractivity contribution in [3.8, 4) is 11.3 Å². The van der Waals surface area contributed by atoms with E-state index >= 15 is 4.39 Å². The Bertz CT molecular complexity index is 1150. The van der Waals surface area contributed by atoms with Gasteiger partial charge in [0.1, 0.15) is 17.2 Å². The highest BCUT2D eigenvalue weighted by Gasteiger charge is 2.28. The third kappa shape index (κ3) is 3.54. The molecule has 1 unspecified atom stereocenters. The molecule has 3 heterocycles. The second-order valence-corrected chi connectivity index (χ2v) is 6.70. The molecule has 1 aliphatic heterocycles. The van der Waals surface area contributed by atoms with Crippen LogP contribution in [0, 0.1) is 11.6 Å². The molecule has 0 amide bonds.